The van der Waals surface area contributed by atoms with Crippen LogP contribution in [0.1, 0.15) is 60.2 Å². The van der Waals surface area contributed by atoms with Crippen LogP contribution >= 0.6 is 0 Å². The van der Waals surface area contributed by atoms with E-state index in [0.29, 0.717) is 50.1 Å². The highest BCUT2D eigenvalue weighted by Crippen LogP contribution is 2.23. The summed E-state index contributed by atoms with van der Waals surface area (Å²) in [7, 11) is 0. The monoisotopic (exact) mass is 414 g/mol. The first-order valence-electron chi connectivity index (χ1n) is 10.7. The van der Waals surface area contributed by atoms with Crippen LogP contribution in [0.5, 0.6) is 0 Å². The van der Waals surface area contributed by atoms with E-state index in [-0.39, 0.29) is 36.3 Å². The second-order valence-corrected chi connectivity index (χ2v) is 7.69. The van der Waals surface area contributed by atoms with Crippen LogP contribution in [0.3, 0.4) is 0 Å². The molecular weight excluding hydrogens is 384 g/mol. The van der Waals surface area contributed by atoms with E-state index in [4.69, 9.17) is 0 Å². The zero-order chi connectivity index (χ0) is 21.7. The normalized spacial score (nSPS) is 16.6. The van der Waals surface area contributed by atoms with Crippen molar-refractivity contribution in [2.45, 2.75) is 45.6 Å². The third-order valence-corrected chi connectivity index (χ3v) is 5.88. The Balaban J connectivity index is 1.40. The molecule has 30 heavy (non-hydrogen) atoms. The van der Waals surface area contributed by atoms with Crippen molar-refractivity contribution in [1.82, 2.24) is 20.0 Å². The van der Waals surface area contributed by atoms with Crippen LogP contribution in [0.2, 0.25) is 0 Å². The second-order valence-electron chi connectivity index (χ2n) is 7.69. The zero-order valence-corrected chi connectivity index (χ0v) is 17.7. The number of nitrogens with one attached hydrogen (secondary N) is 1. The predicted octanol–water partition coefficient (Wildman–Crippen LogP) is 2.11. The molecule has 0 aliphatic carbocycles. The van der Waals surface area contributed by atoms with Crippen LogP contribution in [0.4, 0.5) is 4.79 Å². The van der Waals surface area contributed by atoms with Gasteiger partial charge < -0.3 is 15.1 Å². The number of carbonyl (C=O) groups excluding carboxylic acids is 4. The summed E-state index contributed by atoms with van der Waals surface area (Å²) in [5.74, 6) is -0.541. The van der Waals surface area contributed by atoms with E-state index in [1.165, 1.54) is 4.90 Å². The summed E-state index contributed by atoms with van der Waals surface area (Å²) in [5.41, 5.74) is 0.866. The summed E-state index contributed by atoms with van der Waals surface area (Å²) in [6, 6.07) is 6.83. The van der Waals surface area contributed by atoms with E-state index in [1.54, 1.807) is 29.2 Å². The smallest absolute Gasteiger partial charge is 0.317 e. The fraction of sp³-hybridized carbons (Fsp3) is 0.545. The van der Waals surface area contributed by atoms with Gasteiger partial charge in [-0.25, -0.2) is 4.79 Å². The molecule has 2 aliphatic heterocycles. The largest absolute Gasteiger partial charge is 0.343 e. The number of nitrogens with zero attached hydrogens (tertiary/aromatic N) is 3. The minimum Gasteiger partial charge on any atom is -0.343 e. The minimum atomic E-state index is -0.284. The second kappa shape index (κ2) is 9.73. The standard InChI is InChI=1S/C22H30N4O4/c1-3-24(4-2)22(30)23-16-11-14-25(15-12-16)19(27)10-7-13-26-20(28)17-8-5-6-9-18(17)21(26)29/h5-6,8-9,16H,3-4,7,10-15H2,1-2H3,(H,23,30). The maximum absolute atomic E-state index is 12.5. The number of imide groups is 1. The van der Waals surface area contributed by atoms with Crippen molar-refractivity contribution in [2.75, 3.05) is 32.7 Å². The Bertz CT molecular complexity index is 778. The Morgan fingerprint density at radius 2 is 1.60 bits per heavy atom. The number of fused-ring (bicyclic) bond motifs is 1. The van der Waals surface area contributed by atoms with Crippen LogP contribution in [0.25, 0.3) is 0 Å². The first kappa shape index (κ1) is 21.8. The van der Waals surface area contributed by atoms with Gasteiger partial charge in [0.15, 0.2) is 0 Å². The Hall–Kier alpha value is -2.90. The van der Waals surface area contributed by atoms with E-state index in [0.717, 1.165) is 12.8 Å². The average Bonchev–Trinajstić information content (AvgIpc) is 3.00. The molecule has 1 fully saturated rings. The van der Waals surface area contributed by atoms with Gasteiger partial charge in [0.1, 0.15) is 0 Å². The summed E-state index contributed by atoms with van der Waals surface area (Å²) in [6.45, 7) is 6.71. The third-order valence-electron chi connectivity index (χ3n) is 5.88. The number of rotatable bonds is 7. The topological polar surface area (TPSA) is 90.0 Å². The lowest BCUT2D eigenvalue weighted by Crippen LogP contribution is -2.50. The molecular formula is C22H30N4O4. The molecule has 1 aromatic rings. The van der Waals surface area contributed by atoms with Crippen LogP contribution in [0.15, 0.2) is 24.3 Å². The number of likely N-dealkylation sites (tertiary alicyclic amines) is 1. The average molecular weight is 415 g/mol. The van der Waals surface area contributed by atoms with Crippen LogP contribution in [0, 0.1) is 0 Å². The quantitative estimate of drug-likeness (QED) is 0.692. The van der Waals surface area contributed by atoms with Gasteiger partial charge in [0.05, 0.1) is 11.1 Å². The number of carbonyl (C=O) groups is 4. The van der Waals surface area contributed by atoms with Gasteiger partial charge in [-0.3, -0.25) is 19.3 Å². The molecule has 2 aliphatic rings. The van der Waals surface area contributed by atoms with Crippen molar-refractivity contribution in [3.05, 3.63) is 35.4 Å². The molecule has 2 heterocycles. The third kappa shape index (κ3) is 4.63. The number of benzene rings is 1. The Morgan fingerprint density at radius 1 is 1.03 bits per heavy atom. The maximum Gasteiger partial charge on any atom is 0.317 e. The summed E-state index contributed by atoms with van der Waals surface area (Å²) >= 11 is 0. The highest BCUT2D eigenvalue weighted by atomic mass is 16.2. The van der Waals surface area contributed by atoms with Gasteiger partial charge in [-0.15, -0.1) is 0 Å². The summed E-state index contributed by atoms with van der Waals surface area (Å²) in [4.78, 5) is 54.2. The van der Waals surface area contributed by atoms with Gasteiger partial charge in [0.25, 0.3) is 11.8 Å². The molecule has 0 spiro atoms. The van der Waals surface area contributed by atoms with Crippen LogP contribution in [-0.4, -0.2) is 77.2 Å². The fourth-order valence-electron chi connectivity index (χ4n) is 4.04. The van der Waals surface area contributed by atoms with E-state index in [2.05, 4.69) is 5.32 Å². The minimum absolute atomic E-state index is 0.0279. The highest BCUT2D eigenvalue weighted by Gasteiger charge is 2.34. The number of piperidine rings is 1. The molecule has 5 amide bonds. The van der Waals surface area contributed by atoms with E-state index in [9.17, 15) is 19.2 Å². The van der Waals surface area contributed by atoms with Gasteiger partial charge in [0, 0.05) is 45.2 Å². The van der Waals surface area contributed by atoms with Gasteiger partial charge >= 0.3 is 6.03 Å². The summed E-state index contributed by atoms with van der Waals surface area (Å²) in [6.07, 6.45) is 2.21. The highest BCUT2D eigenvalue weighted by molar-refractivity contribution is 6.21. The zero-order valence-electron chi connectivity index (χ0n) is 17.7. The Labute approximate surface area is 177 Å². The number of urea groups is 1. The first-order valence-corrected chi connectivity index (χ1v) is 10.7. The van der Waals surface area contributed by atoms with Gasteiger partial charge in [0.2, 0.25) is 5.91 Å². The SMILES string of the molecule is CCN(CC)C(=O)NC1CCN(C(=O)CCCN2C(=O)c3ccccc3C2=O)CC1. The molecule has 0 aromatic heterocycles. The molecule has 8 heteroatoms. The van der Waals surface area contributed by atoms with Crippen molar-refractivity contribution >= 4 is 23.8 Å². The lowest BCUT2D eigenvalue weighted by molar-refractivity contribution is -0.132. The molecule has 162 valence electrons. The number of amides is 5. The van der Waals surface area contributed by atoms with E-state index >= 15 is 0 Å². The van der Waals surface area contributed by atoms with Crippen molar-refractivity contribution in [3.63, 3.8) is 0 Å². The molecule has 0 radical (unpaired) electrons. The predicted molar refractivity (Wildman–Crippen MR) is 112 cm³/mol. The van der Waals surface area contributed by atoms with Gasteiger partial charge in [-0.2, -0.15) is 0 Å². The molecule has 0 bridgehead atoms. The lowest BCUT2D eigenvalue weighted by atomic mass is 10.0. The molecule has 0 atom stereocenters. The van der Waals surface area contributed by atoms with E-state index in [1.807, 2.05) is 18.7 Å². The van der Waals surface area contributed by atoms with Crippen molar-refractivity contribution < 1.29 is 19.2 Å². The van der Waals surface area contributed by atoms with Crippen molar-refractivity contribution in [2.24, 2.45) is 0 Å². The van der Waals surface area contributed by atoms with Crippen LogP contribution < -0.4 is 5.32 Å². The fourth-order valence-corrected chi connectivity index (χ4v) is 4.04. The maximum atomic E-state index is 12.5. The molecule has 1 N–H and O–H groups in total. The Morgan fingerprint density at radius 3 is 2.13 bits per heavy atom. The van der Waals surface area contributed by atoms with Crippen molar-refractivity contribution in [1.29, 1.82) is 0 Å². The van der Waals surface area contributed by atoms with Crippen LogP contribution in [-0.2, 0) is 4.79 Å². The molecule has 0 unspecified atom stereocenters. The molecule has 0 saturated carbocycles. The summed E-state index contributed by atoms with van der Waals surface area (Å²) in [5, 5.41) is 3.05. The number of hydrogen-bond donors (Lipinski definition) is 1. The molecule has 3 rings (SSSR count). The van der Waals surface area contributed by atoms with Gasteiger partial charge in [-0.05, 0) is 45.2 Å². The molecule has 1 saturated heterocycles. The van der Waals surface area contributed by atoms with E-state index < -0.39 is 0 Å². The molecule has 8 nitrogen and oxygen atoms in total. The molecule has 1 aromatic carbocycles. The first-order chi connectivity index (χ1) is 14.5. The number of hydrogen-bond acceptors (Lipinski definition) is 4. The van der Waals surface area contributed by atoms with Crippen molar-refractivity contribution in [3.8, 4) is 0 Å². The summed E-state index contributed by atoms with van der Waals surface area (Å²) < 4.78 is 0. The van der Waals surface area contributed by atoms with Gasteiger partial charge in [-0.1, -0.05) is 12.1 Å². The lowest BCUT2D eigenvalue weighted by Gasteiger charge is -2.33. The Kier molecular flexibility index (Phi) is 7.07.